The second kappa shape index (κ2) is 13.2. The number of anilines is 1. The van der Waals surface area contributed by atoms with Crippen molar-refractivity contribution in [1.29, 1.82) is 0 Å². The van der Waals surface area contributed by atoms with E-state index >= 15 is 8.78 Å². The summed E-state index contributed by atoms with van der Waals surface area (Å²) in [7, 11) is 0. The molecule has 0 spiro atoms. The molecule has 0 unspecified atom stereocenters. The van der Waals surface area contributed by atoms with Crippen molar-refractivity contribution in [3.05, 3.63) is 81.6 Å². The number of likely N-dealkylation sites (tertiary alicyclic amines) is 1. The van der Waals surface area contributed by atoms with Crippen LogP contribution in [0.3, 0.4) is 0 Å². The maximum Gasteiger partial charge on any atom is 0.335 e. The molecule has 0 bridgehead atoms. The van der Waals surface area contributed by atoms with Crippen molar-refractivity contribution in [3.8, 4) is 16.9 Å². The van der Waals surface area contributed by atoms with Gasteiger partial charge in [-0.15, -0.1) is 0 Å². The molecule has 8 nitrogen and oxygen atoms in total. The number of hydrogen-bond donors (Lipinski definition) is 1. The summed E-state index contributed by atoms with van der Waals surface area (Å²) in [5.41, 5.74) is 0.675. The van der Waals surface area contributed by atoms with Gasteiger partial charge in [0.25, 0.3) is 5.56 Å². The Morgan fingerprint density at radius 3 is 2.20 bits per heavy atom. The Morgan fingerprint density at radius 1 is 0.909 bits per heavy atom. The van der Waals surface area contributed by atoms with E-state index in [4.69, 9.17) is 9.97 Å². The highest BCUT2D eigenvalue weighted by molar-refractivity contribution is 5.96. The molecule has 2 aliphatic heterocycles. The van der Waals surface area contributed by atoms with Crippen LogP contribution in [-0.4, -0.2) is 62.7 Å². The average molecular weight is 604 g/mol. The highest BCUT2D eigenvalue weighted by atomic mass is 19.1. The molecule has 0 aliphatic carbocycles. The number of carboxylic acid groups (broad SMARTS) is 1. The summed E-state index contributed by atoms with van der Waals surface area (Å²) in [5, 5.41) is 10.1. The van der Waals surface area contributed by atoms with Gasteiger partial charge in [-0.05, 0) is 87.5 Å². The van der Waals surface area contributed by atoms with E-state index in [-0.39, 0.29) is 11.2 Å². The minimum Gasteiger partial charge on any atom is -0.478 e. The number of piperidine rings is 2. The van der Waals surface area contributed by atoms with Crippen molar-refractivity contribution in [1.82, 2.24) is 19.4 Å². The van der Waals surface area contributed by atoms with E-state index in [0.29, 0.717) is 41.7 Å². The molecule has 1 N–H and O–H groups in total. The molecule has 0 atom stereocenters. The molecular formula is C34H39F2N5O3. The van der Waals surface area contributed by atoms with E-state index in [1.807, 2.05) is 25.7 Å². The Balaban J connectivity index is 0.00000188. The fourth-order valence-electron chi connectivity index (χ4n) is 6.20. The van der Waals surface area contributed by atoms with Gasteiger partial charge in [0, 0.05) is 36.1 Å². The lowest BCUT2D eigenvalue weighted by Crippen LogP contribution is -2.48. The summed E-state index contributed by atoms with van der Waals surface area (Å²) in [6, 6.07) is 11.4. The molecule has 0 amide bonds. The largest absolute Gasteiger partial charge is 0.478 e. The molecular weight excluding hydrogens is 564 g/mol. The van der Waals surface area contributed by atoms with Crippen molar-refractivity contribution in [2.45, 2.75) is 59.4 Å². The number of benzene rings is 2. The molecule has 44 heavy (non-hydrogen) atoms. The molecule has 6 rings (SSSR count). The minimum atomic E-state index is -1.09. The quantitative estimate of drug-likeness (QED) is 0.280. The second-order valence-electron chi connectivity index (χ2n) is 11.5. The van der Waals surface area contributed by atoms with Crippen LogP contribution in [0.15, 0.2) is 53.3 Å². The van der Waals surface area contributed by atoms with E-state index < -0.39 is 28.9 Å². The average Bonchev–Trinajstić information content (AvgIpc) is 3.03. The molecule has 0 saturated carbocycles. The predicted molar refractivity (Wildman–Crippen MR) is 169 cm³/mol. The molecule has 2 saturated heterocycles. The number of carboxylic acids is 1. The topological polar surface area (TPSA) is 91.6 Å². The first-order valence-electron chi connectivity index (χ1n) is 15.4. The van der Waals surface area contributed by atoms with Crippen LogP contribution in [0, 0.1) is 24.5 Å². The SMILES string of the molecule is CC.Cc1ccc(C(=O)O)cc1-c1nc(N2CCC(N3CCC(C)CC3)CC2)nc2c1ccc(=O)n2-c1c(F)cccc1F. The fourth-order valence-corrected chi connectivity index (χ4v) is 6.20. The maximum atomic E-state index is 15.0. The van der Waals surface area contributed by atoms with Crippen molar-refractivity contribution in [3.63, 3.8) is 0 Å². The molecule has 0 radical (unpaired) electrons. The zero-order valence-electron chi connectivity index (χ0n) is 25.7. The Morgan fingerprint density at radius 2 is 1.57 bits per heavy atom. The molecule has 232 valence electrons. The number of aryl methyl sites for hydroxylation is 1. The molecule has 4 heterocycles. The number of aromatic nitrogens is 3. The van der Waals surface area contributed by atoms with Crippen LogP contribution >= 0.6 is 0 Å². The van der Waals surface area contributed by atoms with Crippen molar-refractivity contribution >= 4 is 23.0 Å². The highest BCUT2D eigenvalue weighted by Crippen LogP contribution is 2.33. The minimum absolute atomic E-state index is 0.0544. The number of carbonyl (C=O) groups is 1. The standard InChI is InChI=1S/C32H33F2N5O3.C2H6/c1-19-10-14-37(15-11-19)22-12-16-38(17-13-22)32-35-28(24-18-21(31(41)42)7-6-20(24)2)23-8-9-27(40)39(30(23)36-32)29-25(33)4-3-5-26(29)34;1-2/h3-9,18-19,22H,10-17H2,1-2H3,(H,41,42);1-2H3. The number of nitrogens with zero attached hydrogens (tertiary/aromatic N) is 5. The number of rotatable bonds is 5. The first-order chi connectivity index (χ1) is 21.2. The van der Waals surface area contributed by atoms with Gasteiger partial charge in [0.15, 0.2) is 5.65 Å². The maximum absolute atomic E-state index is 15.0. The van der Waals surface area contributed by atoms with E-state index in [2.05, 4.69) is 11.8 Å². The van der Waals surface area contributed by atoms with Crippen molar-refractivity contribution in [2.75, 3.05) is 31.1 Å². The fraction of sp³-hybridized carbons (Fsp3) is 0.412. The van der Waals surface area contributed by atoms with Crippen molar-refractivity contribution in [2.24, 2.45) is 5.92 Å². The summed E-state index contributed by atoms with van der Waals surface area (Å²) >= 11 is 0. The second-order valence-corrected chi connectivity index (χ2v) is 11.5. The summed E-state index contributed by atoms with van der Waals surface area (Å²) in [4.78, 5) is 39.3. The van der Waals surface area contributed by atoms with Gasteiger partial charge in [0.2, 0.25) is 5.95 Å². The number of para-hydroxylation sites is 1. The lowest BCUT2D eigenvalue weighted by molar-refractivity contribution is 0.0697. The summed E-state index contributed by atoms with van der Waals surface area (Å²) in [5.74, 6) is -1.79. The van der Waals surface area contributed by atoms with E-state index in [0.717, 1.165) is 54.1 Å². The zero-order chi connectivity index (χ0) is 31.5. The van der Waals surface area contributed by atoms with Crippen LogP contribution in [0.2, 0.25) is 0 Å². The van der Waals surface area contributed by atoms with Gasteiger partial charge in [-0.3, -0.25) is 9.36 Å². The van der Waals surface area contributed by atoms with Crippen molar-refractivity contribution < 1.29 is 18.7 Å². The van der Waals surface area contributed by atoms with Crippen LogP contribution in [-0.2, 0) is 0 Å². The first-order valence-corrected chi connectivity index (χ1v) is 15.4. The molecule has 2 fully saturated rings. The van der Waals surface area contributed by atoms with Gasteiger partial charge in [-0.1, -0.05) is 32.9 Å². The first kappa shape index (κ1) is 31.3. The number of fused-ring (bicyclic) bond motifs is 1. The zero-order valence-corrected chi connectivity index (χ0v) is 25.7. The van der Waals surface area contributed by atoms with Gasteiger partial charge in [-0.25, -0.2) is 18.6 Å². The smallest absolute Gasteiger partial charge is 0.335 e. The van der Waals surface area contributed by atoms with Crippen LogP contribution < -0.4 is 10.5 Å². The van der Waals surface area contributed by atoms with E-state index in [1.165, 1.54) is 43.2 Å². The third kappa shape index (κ3) is 6.08. The molecule has 2 aromatic heterocycles. The lowest BCUT2D eigenvalue weighted by atomic mass is 9.95. The summed E-state index contributed by atoms with van der Waals surface area (Å²) < 4.78 is 31.0. The van der Waals surface area contributed by atoms with E-state index in [9.17, 15) is 14.7 Å². The highest BCUT2D eigenvalue weighted by Gasteiger charge is 2.29. The van der Waals surface area contributed by atoms with Crippen LogP contribution in [0.5, 0.6) is 0 Å². The molecule has 2 aromatic carbocycles. The monoisotopic (exact) mass is 603 g/mol. The van der Waals surface area contributed by atoms with E-state index in [1.54, 1.807) is 6.07 Å². The molecule has 2 aliphatic rings. The van der Waals surface area contributed by atoms with Gasteiger partial charge in [-0.2, -0.15) is 4.98 Å². The molecule has 4 aromatic rings. The van der Waals surface area contributed by atoms with Gasteiger partial charge in [0.1, 0.15) is 17.3 Å². The Hall–Kier alpha value is -4.18. The van der Waals surface area contributed by atoms with Gasteiger partial charge < -0.3 is 14.9 Å². The van der Waals surface area contributed by atoms with Crippen LogP contribution in [0.1, 0.15) is 62.4 Å². The summed E-state index contributed by atoms with van der Waals surface area (Å²) in [6.07, 6.45) is 4.25. The summed E-state index contributed by atoms with van der Waals surface area (Å²) in [6.45, 7) is 11.7. The number of aromatic carboxylic acids is 1. The lowest BCUT2D eigenvalue weighted by Gasteiger charge is -2.41. The number of halogens is 2. The third-order valence-electron chi connectivity index (χ3n) is 8.72. The number of pyridine rings is 1. The van der Waals surface area contributed by atoms with Crippen LogP contribution in [0.4, 0.5) is 14.7 Å². The van der Waals surface area contributed by atoms with Gasteiger partial charge in [0.05, 0.1) is 11.3 Å². The Kier molecular flexibility index (Phi) is 9.39. The predicted octanol–water partition coefficient (Wildman–Crippen LogP) is 6.46. The Bertz CT molecular complexity index is 1700. The normalized spacial score (nSPS) is 16.5. The Labute approximate surface area is 256 Å². The number of hydrogen-bond acceptors (Lipinski definition) is 6. The molecule has 10 heteroatoms. The van der Waals surface area contributed by atoms with Gasteiger partial charge >= 0.3 is 5.97 Å². The third-order valence-corrected chi connectivity index (χ3v) is 8.72. The van der Waals surface area contributed by atoms with Crippen LogP contribution in [0.25, 0.3) is 28.0 Å².